The van der Waals surface area contributed by atoms with Crippen LogP contribution in [0.4, 0.5) is 17.6 Å². The van der Waals surface area contributed by atoms with Crippen molar-refractivity contribution in [2.45, 2.75) is 32.6 Å². The van der Waals surface area contributed by atoms with Crippen LogP contribution in [0, 0.1) is 5.82 Å². The smallest absolute Gasteiger partial charge is 0.340 e. The number of alkyl halides is 3. The summed E-state index contributed by atoms with van der Waals surface area (Å²) in [6, 6.07) is 7.22. The lowest BCUT2D eigenvalue weighted by molar-refractivity contribution is -0.141. The fourth-order valence-corrected chi connectivity index (χ4v) is 2.97. The zero-order chi connectivity index (χ0) is 22.1. The van der Waals surface area contributed by atoms with Gasteiger partial charge in [0.1, 0.15) is 17.2 Å². The Hall–Kier alpha value is -3.23. The van der Waals surface area contributed by atoms with E-state index in [1.165, 1.54) is 30.6 Å². The summed E-state index contributed by atoms with van der Waals surface area (Å²) >= 11 is 0. The van der Waals surface area contributed by atoms with Gasteiger partial charge in [0.2, 0.25) is 0 Å². The molecule has 0 saturated heterocycles. The highest BCUT2D eigenvalue weighted by molar-refractivity contribution is 5.92. The lowest BCUT2D eigenvalue weighted by atomic mass is 10.1. The first kappa shape index (κ1) is 21.5. The van der Waals surface area contributed by atoms with E-state index in [1.54, 1.807) is 22.7 Å². The summed E-state index contributed by atoms with van der Waals surface area (Å²) in [5.74, 6) is -0.994. The molecule has 0 aliphatic rings. The number of aromatic nitrogens is 3. The third kappa shape index (κ3) is 4.67. The van der Waals surface area contributed by atoms with Gasteiger partial charge in [-0.2, -0.15) is 13.2 Å². The van der Waals surface area contributed by atoms with E-state index in [9.17, 15) is 22.4 Å². The van der Waals surface area contributed by atoms with Gasteiger partial charge in [0.25, 0.3) is 5.91 Å². The molecule has 0 fully saturated rings. The number of hydrogen-bond acceptors (Lipinski definition) is 3. The second-order valence-corrected chi connectivity index (χ2v) is 7.17. The number of benzene rings is 1. The Balaban J connectivity index is 1.93. The van der Waals surface area contributed by atoms with Gasteiger partial charge < -0.3 is 9.47 Å². The minimum Gasteiger partial charge on any atom is -0.340 e. The molecule has 0 unspecified atom stereocenters. The van der Waals surface area contributed by atoms with Crippen LogP contribution < -0.4 is 0 Å². The fraction of sp³-hybridized carbons (Fsp3) is 0.286. The number of amides is 1. The zero-order valence-electron chi connectivity index (χ0n) is 16.6. The average Bonchev–Trinajstić information content (AvgIpc) is 3.12. The standard InChI is InChI=1S/C21H20F4N4O/c1-13(2)29(20(30)18-11-28(3)12-26-18)10-14-7-8-16(22)15(9-14)17-5-4-6-19(27-17)21(23,24)25/h4-9,11-13H,10H2,1-3H3. The highest BCUT2D eigenvalue weighted by Gasteiger charge is 2.32. The lowest BCUT2D eigenvalue weighted by Gasteiger charge is -2.26. The third-order valence-corrected chi connectivity index (χ3v) is 4.51. The van der Waals surface area contributed by atoms with Crippen molar-refractivity contribution in [2.75, 3.05) is 0 Å². The second kappa shape index (κ2) is 8.25. The highest BCUT2D eigenvalue weighted by atomic mass is 19.4. The van der Waals surface area contributed by atoms with E-state index >= 15 is 0 Å². The minimum absolute atomic E-state index is 0.0624. The Morgan fingerprint density at radius 3 is 2.53 bits per heavy atom. The Labute approximate surface area is 171 Å². The van der Waals surface area contributed by atoms with Crippen molar-refractivity contribution < 1.29 is 22.4 Å². The molecule has 1 amide bonds. The number of halogens is 4. The molecule has 2 aromatic heterocycles. The predicted octanol–water partition coefficient (Wildman–Crippen LogP) is 4.69. The van der Waals surface area contributed by atoms with E-state index in [4.69, 9.17) is 0 Å². The van der Waals surface area contributed by atoms with Crippen LogP contribution in [0.3, 0.4) is 0 Å². The molecule has 0 saturated carbocycles. The first-order valence-electron chi connectivity index (χ1n) is 9.18. The largest absolute Gasteiger partial charge is 0.433 e. The van der Waals surface area contributed by atoms with Crippen LogP contribution in [-0.2, 0) is 19.8 Å². The molecule has 30 heavy (non-hydrogen) atoms. The van der Waals surface area contributed by atoms with Gasteiger partial charge in [0.15, 0.2) is 0 Å². The quantitative estimate of drug-likeness (QED) is 0.563. The molecule has 0 bridgehead atoms. The number of pyridine rings is 1. The second-order valence-electron chi connectivity index (χ2n) is 7.17. The zero-order valence-corrected chi connectivity index (χ0v) is 16.6. The molecule has 5 nitrogen and oxygen atoms in total. The number of carbonyl (C=O) groups is 1. The van der Waals surface area contributed by atoms with E-state index in [0.29, 0.717) is 5.56 Å². The summed E-state index contributed by atoms with van der Waals surface area (Å²) in [5.41, 5.74) is -0.459. The van der Waals surface area contributed by atoms with Crippen LogP contribution in [0.1, 0.15) is 35.6 Å². The number of hydrogen-bond donors (Lipinski definition) is 0. The first-order valence-corrected chi connectivity index (χ1v) is 9.18. The molecular weight excluding hydrogens is 400 g/mol. The molecule has 0 N–H and O–H groups in total. The van der Waals surface area contributed by atoms with Crippen LogP contribution in [0.2, 0.25) is 0 Å². The summed E-state index contributed by atoms with van der Waals surface area (Å²) in [4.78, 5) is 22.0. The van der Waals surface area contributed by atoms with Crippen LogP contribution in [-0.4, -0.2) is 31.4 Å². The summed E-state index contributed by atoms with van der Waals surface area (Å²) in [7, 11) is 1.75. The van der Waals surface area contributed by atoms with Crippen molar-refractivity contribution in [3.63, 3.8) is 0 Å². The normalized spacial score (nSPS) is 11.7. The van der Waals surface area contributed by atoms with Crippen molar-refractivity contribution in [1.82, 2.24) is 19.4 Å². The number of imidazole rings is 1. The SMILES string of the molecule is CC(C)N(Cc1ccc(F)c(-c2cccc(C(F)(F)F)n2)c1)C(=O)c1cn(C)cn1. The summed E-state index contributed by atoms with van der Waals surface area (Å²) in [5, 5.41) is 0. The highest BCUT2D eigenvalue weighted by Crippen LogP contribution is 2.30. The van der Waals surface area contributed by atoms with Gasteiger partial charge in [-0.15, -0.1) is 0 Å². The van der Waals surface area contributed by atoms with Gasteiger partial charge in [-0.25, -0.2) is 14.4 Å². The fourth-order valence-electron chi connectivity index (χ4n) is 2.97. The van der Waals surface area contributed by atoms with E-state index < -0.39 is 17.7 Å². The molecule has 0 aliphatic heterocycles. The van der Waals surface area contributed by atoms with Crippen molar-refractivity contribution in [2.24, 2.45) is 7.05 Å². The molecule has 0 radical (unpaired) electrons. The van der Waals surface area contributed by atoms with Crippen molar-refractivity contribution in [3.05, 3.63) is 71.7 Å². The average molecular weight is 420 g/mol. The minimum atomic E-state index is -4.63. The number of nitrogens with zero attached hydrogens (tertiary/aromatic N) is 4. The molecule has 3 rings (SSSR count). The maximum atomic E-state index is 14.4. The van der Waals surface area contributed by atoms with Gasteiger partial charge in [0.05, 0.1) is 12.0 Å². The first-order chi connectivity index (χ1) is 14.1. The van der Waals surface area contributed by atoms with Gasteiger partial charge >= 0.3 is 6.18 Å². The maximum Gasteiger partial charge on any atom is 0.433 e. The number of carbonyl (C=O) groups excluding carboxylic acids is 1. The van der Waals surface area contributed by atoms with Crippen molar-refractivity contribution in [3.8, 4) is 11.3 Å². The van der Waals surface area contributed by atoms with E-state index in [0.717, 1.165) is 12.1 Å². The van der Waals surface area contributed by atoms with Crippen LogP contribution in [0.25, 0.3) is 11.3 Å². The molecule has 0 atom stereocenters. The topological polar surface area (TPSA) is 51.0 Å². The molecule has 0 aliphatic carbocycles. The number of aryl methyl sites for hydroxylation is 1. The van der Waals surface area contributed by atoms with Gasteiger partial charge in [0, 0.05) is 31.4 Å². The molecule has 1 aromatic carbocycles. The Kier molecular flexibility index (Phi) is 5.91. The Morgan fingerprint density at radius 1 is 1.20 bits per heavy atom. The van der Waals surface area contributed by atoms with Gasteiger partial charge in [-0.05, 0) is 43.7 Å². The molecule has 9 heteroatoms. The summed E-state index contributed by atoms with van der Waals surface area (Å²) in [6.45, 7) is 3.80. The van der Waals surface area contributed by atoms with Crippen molar-refractivity contribution >= 4 is 5.91 Å². The predicted molar refractivity (Wildman–Crippen MR) is 103 cm³/mol. The summed E-state index contributed by atoms with van der Waals surface area (Å²) < 4.78 is 54.9. The maximum absolute atomic E-state index is 14.4. The van der Waals surface area contributed by atoms with E-state index in [1.807, 2.05) is 13.8 Å². The third-order valence-electron chi connectivity index (χ3n) is 4.51. The van der Waals surface area contributed by atoms with Gasteiger partial charge in [-0.3, -0.25) is 4.79 Å². The van der Waals surface area contributed by atoms with Crippen molar-refractivity contribution in [1.29, 1.82) is 0 Å². The molecule has 158 valence electrons. The molecule has 3 aromatic rings. The molecule has 2 heterocycles. The number of rotatable bonds is 5. The van der Waals surface area contributed by atoms with Gasteiger partial charge in [-0.1, -0.05) is 12.1 Å². The Bertz CT molecular complexity index is 1060. The van der Waals surface area contributed by atoms with Crippen LogP contribution >= 0.6 is 0 Å². The molecule has 0 spiro atoms. The van der Waals surface area contributed by atoms with E-state index in [2.05, 4.69) is 9.97 Å². The molecular formula is C21H20F4N4O. The van der Waals surface area contributed by atoms with E-state index in [-0.39, 0.29) is 35.4 Å². The monoisotopic (exact) mass is 420 g/mol. The van der Waals surface area contributed by atoms with Crippen LogP contribution in [0.5, 0.6) is 0 Å². The Morgan fingerprint density at radius 2 is 1.93 bits per heavy atom. The van der Waals surface area contributed by atoms with Crippen LogP contribution in [0.15, 0.2) is 48.9 Å². The lowest BCUT2D eigenvalue weighted by Crippen LogP contribution is -2.36. The summed E-state index contributed by atoms with van der Waals surface area (Å²) in [6.07, 6.45) is -1.52.